The van der Waals surface area contributed by atoms with Crippen LogP contribution in [0.1, 0.15) is 0 Å². The highest BCUT2D eigenvalue weighted by Crippen LogP contribution is 2.16. The third kappa shape index (κ3) is 8.14. The summed E-state index contributed by atoms with van der Waals surface area (Å²) in [4.78, 5) is 10.2. The van der Waals surface area contributed by atoms with Gasteiger partial charge < -0.3 is 10.8 Å². The molecule has 0 amide bonds. The minimum absolute atomic E-state index is 0.0560. The molecule has 1 atom stereocenters. The lowest BCUT2D eigenvalue weighted by molar-refractivity contribution is -0.322. The zero-order valence-corrected chi connectivity index (χ0v) is 7.90. The highest BCUT2D eigenvalue weighted by Gasteiger charge is 2.28. The van der Waals surface area contributed by atoms with Crippen LogP contribution in [0.15, 0.2) is 0 Å². The second-order valence-electron chi connectivity index (χ2n) is 2.31. The Labute approximate surface area is 82.6 Å². The van der Waals surface area contributed by atoms with Gasteiger partial charge in [0, 0.05) is 11.5 Å². The second-order valence-corrected chi connectivity index (χ2v) is 3.46. The molecule has 0 saturated heterocycles. The number of ether oxygens (including phenoxy) is 1. The van der Waals surface area contributed by atoms with Crippen LogP contribution in [0.2, 0.25) is 0 Å². The van der Waals surface area contributed by atoms with E-state index < -0.39 is 25.0 Å². The minimum Gasteiger partial charge on any atom is -0.480 e. The fourth-order valence-corrected chi connectivity index (χ4v) is 1.26. The van der Waals surface area contributed by atoms with Crippen molar-refractivity contribution in [2.45, 2.75) is 12.4 Å². The van der Waals surface area contributed by atoms with Gasteiger partial charge in [0.2, 0.25) is 0 Å². The maximum atomic E-state index is 11.4. The zero-order valence-electron chi connectivity index (χ0n) is 7.08. The number of alkyl halides is 3. The van der Waals surface area contributed by atoms with Crippen LogP contribution in [-0.2, 0) is 9.53 Å². The Bertz CT molecular complexity index is 188. The Morgan fingerprint density at radius 1 is 1.57 bits per heavy atom. The van der Waals surface area contributed by atoms with Crippen molar-refractivity contribution in [2.75, 3.05) is 18.1 Å². The van der Waals surface area contributed by atoms with E-state index >= 15 is 0 Å². The van der Waals surface area contributed by atoms with Gasteiger partial charge >= 0.3 is 12.3 Å². The smallest absolute Gasteiger partial charge is 0.480 e. The van der Waals surface area contributed by atoms with Crippen LogP contribution in [0.3, 0.4) is 0 Å². The highest BCUT2D eigenvalue weighted by molar-refractivity contribution is 7.99. The van der Waals surface area contributed by atoms with E-state index in [9.17, 15) is 18.0 Å². The molecule has 0 bridgehead atoms. The Balaban J connectivity index is 3.35. The molecule has 0 aliphatic carbocycles. The Morgan fingerprint density at radius 2 is 2.14 bits per heavy atom. The first-order valence-electron chi connectivity index (χ1n) is 3.60. The highest BCUT2D eigenvalue weighted by atomic mass is 32.2. The number of nitrogens with two attached hydrogens (primary N) is 1. The van der Waals surface area contributed by atoms with Crippen molar-refractivity contribution in [3.63, 3.8) is 0 Å². The summed E-state index contributed by atoms with van der Waals surface area (Å²) >= 11 is 1.000. The topological polar surface area (TPSA) is 72.5 Å². The van der Waals surface area contributed by atoms with Crippen LogP contribution in [0.4, 0.5) is 13.2 Å². The van der Waals surface area contributed by atoms with E-state index in [1.54, 1.807) is 0 Å². The van der Waals surface area contributed by atoms with Gasteiger partial charge in [-0.05, 0) is 0 Å². The summed E-state index contributed by atoms with van der Waals surface area (Å²) < 4.78 is 37.7. The molecule has 14 heavy (non-hydrogen) atoms. The number of rotatable bonds is 6. The molecule has 84 valence electrons. The number of hydrogen-bond donors (Lipinski definition) is 2. The van der Waals surface area contributed by atoms with Crippen LogP contribution in [-0.4, -0.2) is 41.6 Å². The predicted molar refractivity (Wildman–Crippen MR) is 44.9 cm³/mol. The quantitative estimate of drug-likeness (QED) is 0.659. The summed E-state index contributed by atoms with van der Waals surface area (Å²) in [5, 5.41) is 8.32. The molecular weight excluding hydrogens is 223 g/mol. The molecule has 0 heterocycles. The summed E-state index contributed by atoms with van der Waals surface area (Å²) in [7, 11) is 0. The molecule has 0 aliphatic rings. The minimum atomic E-state index is -4.63. The van der Waals surface area contributed by atoms with E-state index in [2.05, 4.69) is 4.74 Å². The number of hydrogen-bond acceptors (Lipinski definition) is 4. The summed E-state index contributed by atoms with van der Waals surface area (Å²) in [5.41, 5.74) is 5.10. The van der Waals surface area contributed by atoms with E-state index in [1.165, 1.54) is 0 Å². The monoisotopic (exact) mass is 233 g/mol. The molecule has 0 aromatic heterocycles. The first-order valence-corrected chi connectivity index (χ1v) is 4.75. The van der Waals surface area contributed by atoms with Gasteiger partial charge in [0.1, 0.15) is 6.04 Å². The van der Waals surface area contributed by atoms with Crippen molar-refractivity contribution in [1.29, 1.82) is 0 Å². The van der Waals surface area contributed by atoms with Crippen molar-refractivity contribution < 1.29 is 27.8 Å². The van der Waals surface area contributed by atoms with Crippen molar-refractivity contribution in [3.05, 3.63) is 0 Å². The van der Waals surface area contributed by atoms with Gasteiger partial charge in [-0.1, -0.05) is 0 Å². The number of aliphatic carboxylic acids is 1. The Hall–Kier alpha value is -0.470. The molecule has 0 saturated carbocycles. The van der Waals surface area contributed by atoms with Gasteiger partial charge in [0.05, 0.1) is 6.61 Å². The maximum absolute atomic E-state index is 11.4. The average Bonchev–Trinajstić information content (AvgIpc) is 2.01. The summed E-state index contributed by atoms with van der Waals surface area (Å²) in [6.45, 7) is -0.499. The maximum Gasteiger partial charge on any atom is 0.522 e. The van der Waals surface area contributed by atoms with Crippen molar-refractivity contribution in [2.24, 2.45) is 5.73 Å². The zero-order chi connectivity index (χ0) is 11.2. The summed E-state index contributed by atoms with van der Waals surface area (Å²) in [5.74, 6) is -1.05. The standard InChI is InChI=1S/C6H10F3NO3S/c7-6(8,9)13-1-2-14-3-4(10)5(11)12/h4H,1-3,10H2,(H,11,12)/t4-/m1/s1. The van der Waals surface area contributed by atoms with E-state index in [1.807, 2.05) is 0 Å². The first-order chi connectivity index (χ1) is 6.33. The molecule has 0 spiro atoms. The van der Waals surface area contributed by atoms with Gasteiger partial charge in [-0.3, -0.25) is 9.53 Å². The molecule has 0 aliphatic heterocycles. The van der Waals surface area contributed by atoms with Gasteiger partial charge in [-0.25, -0.2) is 0 Å². The third-order valence-corrected chi connectivity index (χ3v) is 2.16. The van der Waals surface area contributed by atoms with Crippen LogP contribution < -0.4 is 5.73 Å². The molecular formula is C6H10F3NO3S. The lowest BCUT2D eigenvalue weighted by atomic mass is 10.4. The molecule has 0 radical (unpaired) electrons. The fraction of sp³-hybridized carbons (Fsp3) is 0.833. The SMILES string of the molecule is N[C@H](CSCCOC(F)(F)F)C(=O)O. The predicted octanol–water partition coefficient (Wildman–Crippen LogP) is 0.668. The van der Waals surface area contributed by atoms with E-state index in [4.69, 9.17) is 10.8 Å². The summed E-state index contributed by atoms with van der Waals surface area (Å²) in [6.07, 6.45) is -4.63. The molecule has 4 nitrogen and oxygen atoms in total. The van der Waals surface area contributed by atoms with E-state index in [-0.39, 0.29) is 11.5 Å². The summed E-state index contributed by atoms with van der Waals surface area (Å²) in [6, 6.07) is -1.05. The lowest BCUT2D eigenvalue weighted by Gasteiger charge is -2.08. The third-order valence-electron chi connectivity index (χ3n) is 1.11. The number of halogens is 3. The molecule has 0 unspecified atom stereocenters. The molecule has 0 aromatic carbocycles. The van der Waals surface area contributed by atoms with Crippen molar-refractivity contribution >= 4 is 17.7 Å². The van der Waals surface area contributed by atoms with Crippen LogP contribution in [0.25, 0.3) is 0 Å². The molecule has 3 N–H and O–H groups in total. The van der Waals surface area contributed by atoms with Crippen molar-refractivity contribution in [1.82, 2.24) is 0 Å². The van der Waals surface area contributed by atoms with Gasteiger partial charge in [0.25, 0.3) is 0 Å². The van der Waals surface area contributed by atoms with Gasteiger partial charge in [-0.2, -0.15) is 11.8 Å². The second kappa shape index (κ2) is 6.10. The van der Waals surface area contributed by atoms with E-state index in [0.29, 0.717) is 0 Å². The fourth-order valence-electron chi connectivity index (χ4n) is 0.498. The van der Waals surface area contributed by atoms with Crippen LogP contribution >= 0.6 is 11.8 Å². The number of carbonyl (C=O) groups is 1. The first kappa shape index (κ1) is 13.5. The van der Waals surface area contributed by atoms with Crippen LogP contribution in [0.5, 0.6) is 0 Å². The van der Waals surface area contributed by atoms with E-state index in [0.717, 1.165) is 11.8 Å². The average molecular weight is 233 g/mol. The normalized spacial score (nSPS) is 14.0. The van der Waals surface area contributed by atoms with Crippen LogP contribution in [0, 0.1) is 0 Å². The number of thioether (sulfide) groups is 1. The number of carboxylic acid groups (broad SMARTS) is 1. The Kier molecular flexibility index (Phi) is 5.89. The largest absolute Gasteiger partial charge is 0.522 e. The molecule has 8 heteroatoms. The van der Waals surface area contributed by atoms with Gasteiger partial charge in [-0.15, -0.1) is 13.2 Å². The van der Waals surface area contributed by atoms with Gasteiger partial charge in [0.15, 0.2) is 0 Å². The number of carboxylic acids is 1. The molecule has 0 rings (SSSR count). The molecule has 0 fully saturated rings. The Morgan fingerprint density at radius 3 is 2.57 bits per heavy atom. The lowest BCUT2D eigenvalue weighted by Crippen LogP contribution is -2.32. The van der Waals surface area contributed by atoms with Crippen molar-refractivity contribution in [3.8, 4) is 0 Å². The molecule has 0 aromatic rings.